The van der Waals surface area contributed by atoms with Crippen LogP contribution in [0.1, 0.15) is 0 Å². The van der Waals surface area contributed by atoms with E-state index in [1.807, 2.05) is 0 Å². The summed E-state index contributed by atoms with van der Waals surface area (Å²) in [6.07, 6.45) is 0. The van der Waals surface area contributed by atoms with E-state index in [1.54, 1.807) is 0 Å². The quantitative estimate of drug-likeness (QED) is 0.162. The van der Waals surface area contributed by atoms with Crippen molar-refractivity contribution in [2.75, 3.05) is 0 Å². The molecule has 1 heteroatoms. The van der Waals surface area contributed by atoms with Gasteiger partial charge in [0.2, 0.25) is 0 Å². The van der Waals surface area contributed by atoms with Gasteiger partial charge < -0.3 is 4.42 Å². The van der Waals surface area contributed by atoms with Crippen LogP contribution in [0.2, 0.25) is 0 Å². The number of hydrogen-bond acceptors (Lipinski definition) is 1. The highest BCUT2D eigenvalue weighted by Crippen LogP contribution is 2.51. The molecule has 1 heterocycles. The second kappa shape index (κ2) is 14.2. The summed E-state index contributed by atoms with van der Waals surface area (Å²) in [6.45, 7) is 0. The summed E-state index contributed by atoms with van der Waals surface area (Å²) in [4.78, 5) is 0. The third kappa shape index (κ3) is 5.50. The molecule has 0 saturated carbocycles. The third-order valence-electron chi connectivity index (χ3n) is 13.3. The highest BCUT2D eigenvalue weighted by molar-refractivity contribution is 6.22. The number of fused-ring (bicyclic) bond motifs is 13. The Balaban J connectivity index is 1.01. The summed E-state index contributed by atoms with van der Waals surface area (Å²) < 4.78 is 6.89. The first-order chi connectivity index (χ1) is 31.3. The van der Waals surface area contributed by atoms with Crippen LogP contribution in [0.15, 0.2) is 235 Å². The lowest BCUT2D eigenvalue weighted by Crippen LogP contribution is -1.97. The van der Waals surface area contributed by atoms with Crippen molar-refractivity contribution in [1.29, 1.82) is 0 Å². The largest absolute Gasteiger partial charge is 0.455 e. The first-order valence-corrected chi connectivity index (χ1v) is 21.8. The van der Waals surface area contributed by atoms with E-state index in [9.17, 15) is 0 Å². The van der Waals surface area contributed by atoms with Crippen LogP contribution in [0.5, 0.6) is 0 Å². The van der Waals surface area contributed by atoms with Gasteiger partial charge in [0, 0.05) is 21.9 Å². The molecule has 292 valence electrons. The Morgan fingerprint density at radius 3 is 1.03 bits per heavy atom. The van der Waals surface area contributed by atoms with Crippen LogP contribution >= 0.6 is 0 Å². The van der Waals surface area contributed by atoms with Gasteiger partial charge in [0.25, 0.3) is 0 Å². The molecular weight excluding hydrogens is 761 g/mol. The van der Waals surface area contributed by atoms with Gasteiger partial charge >= 0.3 is 0 Å². The Labute approximate surface area is 365 Å². The van der Waals surface area contributed by atoms with Gasteiger partial charge in [-0.3, -0.25) is 0 Å². The molecule has 0 fully saturated rings. The van der Waals surface area contributed by atoms with Gasteiger partial charge in [0.05, 0.1) is 0 Å². The summed E-state index contributed by atoms with van der Waals surface area (Å²) in [5.74, 6) is 0. The SMILES string of the molecule is c1ccc(-c2cccc3c2oc2c(-c4cccc(-c5c6ccccc6c(-c6ccc7c(c6)-c6ccccc6-c6ccccc6-c6ccccc6-7)c6ccccc56)c4)cccc23)cc1. The molecule has 1 aliphatic rings. The van der Waals surface area contributed by atoms with Crippen LogP contribution in [-0.2, 0) is 0 Å². The monoisotopic (exact) mass is 798 g/mol. The summed E-state index contributed by atoms with van der Waals surface area (Å²) >= 11 is 0. The number of hydrogen-bond donors (Lipinski definition) is 0. The summed E-state index contributed by atoms with van der Waals surface area (Å²) in [5, 5.41) is 7.16. The minimum absolute atomic E-state index is 0.907. The fourth-order valence-corrected chi connectivity index (χ4v) is 10.5. The molecule has 0 atom stereocenters. The topological polar surface area (TPSA) is 13.1 Å². The first kappa shape index (κ1) is 35.5. The lowest BCUT2D eigenvalue weighted by molar-refractivity contribution is 0.671. The molecule has 0 aliphatic heterocycles. The third-order valence-corrected chi connectivity index (χ3v) is 13.3. The molecule has 0 saturated heterocycles. The maximum Gasteiger partial charge on any atom is 0.143 e. The molecule has 12 aromatic rings. The summed E-state index contributed by atoms with van der Waals surface area (Å²) in [5.41, 5.74) is 21.1. The van der Waals surface area contributed by atoms with Crippen molar-refractivity contribution in [2.45, 2.75) is 0 Å². The molecule has 0 amide bonds. The molecule has 0 unspecified atom stereocenters. The van der Waals surface area contributed by atoms with E-state index in [0.29, 0.717) is 0 Å². The van der Waals surface area contributed by atoms with Crippen LogP contribution in [0, 0.1) is 0 Å². The Bertz CT molecular complexity index is 3730. The van der Waals surface area contributed by atoms with Crippen molar-refractivity contribution in [1.82, 2.24) is 0 Å². The van der Waals surface area contributed by atoms with E-state index in [1.165, 1.54) is 88.3 Å². The number of benzene rings is 11. The van der Waals surface area contributed by atoms with Crippen LogP contribution < -0.4 is 0 Å². The Morgan fingerprint density at radius 2 is 0.524 bits per heavy atom. The van der Waals surface area contributed by atoms with Crippen LogP contribution in [-0.4, -0.2) is 0 Å². The first-order valence-electron chi connectivity index (χ1n) is 21.8. The number of furan rings is 1. The molecule has 1 nitrogen and oxygen atoms in total. The fourth-order valence-electron chi connectivity index (χ4n) is 10.5. The van der Waals surface area contributed by atoms with Crippen molar-refractivity contribution >= 4 is 43.5 Å². The van der Waals surface area contributed by atoms with Crippen LogP contribution in [0.25, 0.3) is 132 Å². The Morgan fingerprint density at radius 1 is 0.190 bits per heavy atom. The van der Waals surface area contributed by atoms with Crippen molar-refractivity contribution in [3.05, 3.63) is 231 Å². The van der Waals surface area contributed by atoms with Crippen LogP contribution in [0.3, 0.4) is 0 Å². The zero-order chi connectivity index (χ0) is 41.4. The number of para-hydroxylation sites is 2. The molecule has 0 spiro atoms. The van der Waals surface area contributed by atoms with Crippen molar-refractivity contribution < 1.29 is 4.42 Å². The predicted octanol–water partition coefficient (Wildman–Crippen LogP) is 17.5. The Hall–Kier alpha value is -8.26. The molecule has 0 N–H and O–H groups in total. The second-order valence-electron chi connectivity index (χ2n) is 16.7. The lowest BCUT2D eigenvalue weighted by atomic mass is 9.79. The van der Waals surface area contributed by atoms with Crippen molar-refractivity contribution in [3.63, 3.8) is 0 Å². The molecule has 11 aromatic carbocycles. The molecule has 13 rings (SSSR count). The zero-order valence-electron chi connectivity index (χ0n) is 34.3. The Kier molecular flexibility index (Phi) is 7.98. The van der Waals surface area contributed by atoms with Gasteiger partial charge in [0.15, 0.2) is 0 Å². The van der Waals surface area contributed by atoms with Crippen molar-refractivity contribution in [3.8, 4) is 89.0 Å². The average Bonchev–Trinajstić information content (AvgIpc) is 3.75. The zero-order valence-corrected chi connectivity index (χ0v) is 34.3. The van der Waals surface area contributed by atoms with Gasteiger partial charge in [-0.25, -0.2) is 0 Å². The maximum atomic E-state index is 6.89. The van der Waals surface area contributed by atoms with Gasteiger partial charge in [-0.15, -0.1) is 0 Å². The minimum Gasteiger partial charge on any atom is -0.455 e. The van der Waals surface area contributed by atoms with Gasteiger partial charge in [0.1, 0.15) is 11.2 Å². The van der Waals surface area contributed by atoms with E-state index >= 15 is 0 Å². The maximum absolute atomic E-state index is 6.89. The standard InChI is InChI=1S/C62H38O/c1-2-17-39(18-3-1)43-31-15-33-56-57-34-16-32-44(62(57)63-61(43)56)40-19-14-20-41(37-40)59-52-27-10-12-29-54(52)60(55-30-13-11-28-53(55)59)42-35-36-51-49-25-7-6-23-47(49)45-21-4-5-22-46(45)48-24-8-9-26-50(48)58(51)38-42/h1-38H. The van der Waals surface area contributed by atoms with E-state index in [-0.39, 0.29) is 0 Å². The van der Waals surface area contributed by atoms with Gasteiger partial charge in [-0.1, -0.05) is 218 Å². The van der Waals surface area contributed by atoms with E-state index in [0.717, 1.165) is 44.2 Å². The van der Waals surface area contributed by atoms with Gasteiger partial charge in [-0.2, -0.15) is 0 Å². The molecule has 0 bridgehead atoms. The molecule has 63 heavy (non-hydrogen) atoms. The molecule has 1 aromatic heterocycles. The van der Waals surface area contributed by atoms with Crippen LogP contribution in [0.4, 0.5) is 0 Å². The number of rotatable bonds is 4. The highest BCUT2D eigenvalue weighted by Gasteiger charge is 2.24. The molecular formula is C62H38O. The van der Waals surface area contributed by atoms with E-state index in [4.69, 9.17) is 4.42 Å². The molecule has 1 aliphatic carbocycles. The summed E-state index contributed by atoms with van der Waals surface area (Å²) in [7, 11) is 0. The fraction of sp³-hybridized carbons (Fsp3) is 0. The normalized spacial score (nSPS) is 11.8. The van der Waals surface area contributed by atoms with E-state index < -0.39 is 0 Å². The summed E-state index contributed by atoms with van der Waals surface area (Å²) in [6, 6.07) is 84.3. The highest BCUT2D eigenvalue weighted by atomic mass is 16.3. The minimum atomic E-state index is 0.907. The van der Waals surface area contributed by atoms with E-state index in [2.05, 4.69) is 231 Å². The van der Waals surface area contributed by atoms with Crippen molar-refractivity contribution in [2.24, 2.45) is 0 Å². The lowest BCUT2D eigenvalue weighted by Gasteiger charge is -2.24. The molecule has 0 radical (unpaired) electrons. The smallest absolute Gasteiger partial charge is 0.143 e. The average molecular weight is 799 g/mol. The van der Waals surface area contributed by atoms with Gasteiger partial charge in [-0.05, 0) is 112 Å². The predicted molar refractivity (Wildman–Crippen MR) is 266 cm³/mol. The second-order valence-corrected chi connectivity index (χ2v) is 16.7.